The van der Waals surface area contributed by atoms with Gasteiger partial charge in [-0.25, -0.2) is 15.0 Å². The van der Waals surface area contributed by atoms with Crippen molar-refractivity contribution in [1.29, 1.82) is 0 Å². The molecule has 0 bridgehead atoms. The molecule has 3 aromatic rings. The van der Waals surface area contributed by atoms with Crippen LogP contribution in [-0.4, -0.2) is 46.3 Å². The topological polar surface area (TPSA) is 54.4 Å². The minimum Gasteiger partial charge on any atom is -0.379 e. The number of rotatable bonds is 3. The normalized spacial score (nSPS) is 16.0. The first kappa shape index (κ1) is 13.6. The average Bonchev–Trinajstić information content (AvgIpc) is 3.00. The van der Waals surface area contributed by atoms with Crippen molar-refractivity contribution in [3.8, 4) is 0 Å². The molecule has 0 spiro atoms. The number of fused-ring (bicyclic) bond motifs is 1. The predicted molar refractivity (Wildman–Crippen MR) is 86.2 cm³/mol. The molecular weight excluding hydrogens is 298 g/mol. The van der Waals surface area contributed by atoms with E-state index in [1.165, 1.54) is 0 Å². The van der Waals surface area contributed by atoms with E-state index >= 15 is 0 Å². The Kier molecular flexibility index (Phi) is 3.67. The summed E-state index contributed by atoms with van der Waals surface area (Å²) in [6.45, 7) is 3.19. The number of anilines is 2. The molecular formula is C15H15N5OS. The van der Waals surface area contributed by atoms with Gasteiger partial charge in [-0.3, -0.25) is 9.99 Å². The third-order valence-corrected chi connectivity index (χ3v) is 4.59. The lowest BCUT2D eigenvalue weighted by molar-refractivity contribution is 0.0381. The van der Waals surface area contributed by atoms with Gasteiger partial charge < -0.3 is 4.74 Å². The van der Waals surface area contributed by atoms with Gasteiger partial charge in [0, 0.05) is 31.5 Å². The first-order valence-electron chi connectivity index (χ1n) is 7.14. The molecule has 4 rings (SSSR count). The number of hydrogen-bond donors (Lipinski definition) is 0. The third-order valence-electron chi connectivity index (χ3n) is 3.55. The predicted octanol–water partition coefficient (Wildman–Crippen LogP) is 2.47. The minimum atomic E-state index is 0.738. The molecule has 4 heterocycles. The van der Waals surface area contributed by atoms with Crippen LogP contribution < -0.4 is 5.01 Å². The molecule has 1 aliphatic heterocycles. The molecule has 0 unspecified atom stereocenters. The van der Waals surface area contributed by atoms with Gasteiger partial charge in [0.25, 0.3) is 0 Å². The van der Waals surface area contributed by atoms with Crippen molar-refractivity contribution in [2.45, 2.75) is 0 Å². The van der Waals surface area contributed by atoms with Crippen molar-refractivity contribution in [2.24, 2.45) is 0 Å². The summed E-state index contributed by atoms with van der Waals surface area (Å²) in [5, 5.41) is 5.62. The highest BCUT2D eigenvalue weighted by molar-refractivity contribution is 7.22. The molecule has 1 fully saturated rings. The van der Waals surface area contributed by atoms with Crippen molar-refractivity contribution in [3.05, 3.63) is 43.1 Å². The number of hydrazine groups is 1. The van der Waals surface area contributed by atoms with Gasteiger partial charge in [-0.2, -0.15) is 0 Å². The van der Waals surface area contributed by atoms with Gasteiger partial charge in [-0.1, -0.05) is 0 Å². The molecule has 7 heteroatoms. The maximum Gasteiger partial charge on any atom is 0.116 e. The molecule has 0 radical (unpaired) electrons. The van der Waals surface area contributed by atoms with E-state index < -0.39 is 0 Å². The Bertz CT molecular complexity index is 724. The number of nitrogens with zero attached hydrogens (tertiary/aromatic N) is 5. The molecule has 3 aromatic heterocycles. The second-order valence-electron chi connectivity index (χ2n) is 4.95. The second-order valence-corrected chi connectivity index (χ2v) is 6.01. The molecule has 0 atom stereocenters. The molecule has 112 valence electrons. The fourth-order valence-electron chi connectivity index (χ4n) is 2.54. The zero-order valence-electron chi connectivity index (χ0n) is 11.9. The summed E-state index contributed by atoms with van der Waals surface area (Å²) in [5.41, 5.74) is 2.01. The molecule has 1 aliphatic rings. The van der Waals surface area contributed by atoms with Crippen LogP contribution in [0.4, 0.5) is 10.7 Å². The smallest absolute Gasteiger partial charge is 0.116 e. The van der Waals surface area contributed by atoms with E-state index in [2.05, 4.69) is 37.1 Å². The summed E-state index contributed by atoms with van der Waals surface area (Å²) in [6.07, 6.45) is 7.11. The summed E-state index contributed by atoms with van der Waals surface area (Å²) >= 11 is 1.68. The lowest BCUT2D eigenvalue weighted by Crippen LogP contribution is -2.46. The SMILES string of the molecule is c1cncc(N(c2cc3ncncc3s2)N2CCOCC2)c1. The number of hydrogen-bond acceptors (Lipinski definition) is 7. The monoisotopic (exact) mass is 313 g/mol. The van der Waals surface area contributed by atoms with Gasteiger partial charge in [-0.15, -0.1) is 11.3 Å². The average molecular weight is 313 g/mol. The maximum atomic E-state index is 5.48. The molecule has 0 aliphatic carbocycles. The lowest BCUT2D eigenvalue weighted by Gasteiger charge is -2.37. The fraction of sp³-hybridized carbons (Fsp3) is 0.267. The highest BCUT2D eigenvalue weighted by Gasteiger charge is 2.22. The Morgan fingerprint density at radius 3 is 2.86 bits per heavy atom. The van der Waals surface area contributed by atoms with Crippen LogP contribution in [0.5, 0.6) is 0 Å². The van der Waals surface area contributed by atoms with Crippen molar-refractivity contribution in [3.63, 3.8) is 0 Å². The van der Waals surface area contributed by atoms with Crippen LogP contribution in [0.25, 0.3) is 10.2 Å². The standard InChI is InChI=1S/C15H15N5OS/c1-2-12(9-16-3-1)20(19-4-6-21-7-5-19)15-8-13-14(22-15)10-17-11-18-13/h1-3,8-11H,4-7H2. The number of pyridine rings is 1. The Hall–Kier alpha value is -2.09. The Morgan fingerprint density at radius 2 is 2.09 bits per heavy atom. The van der Waals surface area contributed by atoms with Crippen LogP contribution in [0.15, 0.2) is 43.1 Å². The van der Waals surface area contributed by atoms with Crippen LogP contribution >= 0.6 is 11.3 Å². The summed E-state index contributed by atoms with van der Waals surface area (Å²) in [6, 6.07) is 6.12. The van der Waals surface area contributed by atoms with Crippen LogP contribution in [0.1, 0.15) is 0 Å². The minimum absolute atomic E-state index is 0.738. The largest absolute Gasteiger partial charge is 0.379 e. The van der Waals surface area contributed by atoms with Crippen LogP contribution in [0.3, 0.4) is 0 Å². The Labute approximate surface area is 132 Å². The van der Waals surface area contributed by atoms with Crippen LogP contribution in [0, 0.1) is 0 Å². The molecule has 0 aromatic carbocycles. The number of thiophene rings is 1. The van der Waals surface area contributed by atoms with E-state index in [1.54, 1.807) is 23.9 Å². The van der Waals surface area contributed by atoms with Gasteiger partial charge in [0.15, 0.2) is 0 Å². The first-order chi connectivity index (χ1) is 10.9. The molecule has 1 saturated heterocycles. The highest BCUT2D eigenvalue weighted by Crippen LogP contribution is 2.36. The van der Waals surface area contributed by atoms with E-state index in [9.17, 15) is 0 Å². The van der Waals surface area contributed by atoms with Crippen molar-refractivity contribution in [1.82, 2.24) is 20.0 Å². The van der Waals surface area contributed by atoms with Gasteiger partial charge in [0.05, 0.1) is 35.3 Å². The van der Waals surface area contributed by atoms with E-state index in [1.807, 2.05) is 18.5 Å². The van der Waals surface area contributed by atoms with Crippen LogP contribution in [-0.2, 0) is 4.74 Å². The Morgan fingerprint density at radius 1 is 1.18 bits per heavy atom. The lowest BCUT2D eigenvalue weighted by atomic mass is 10.4. The molecule has 0 N–H and O–H groups in total. The van der Waals surface area contributed by atoms with E-state index in [4.69, 9.17) is 4.74 Å². The summed E-state index contributed by atoms with van der Waals surface area (Å²) in [7, 11) is 0. The van der Waals surface area contributed by atoms with Gasteiger partial charge in [0.2, 0.25) is 0 Å². The zero-order valence-corrected chi connectivity index (χ0v) is 12.7. The summed E-state index contributed by atoms with van der Waals surface area (Å²) in [4.78, 5) is 12.7. The van der Waals surface area contributed by atoms with Crippen molar-refractivity contribution >= 4 is 32.2 Å². The van der Waals surface area contributed by atoms with Crippen molar-refractivity contribution in [2.75, 3.05) is 31.3 Å². The quantitative estimate of drug-likeness (QED) is 0.740. The first-order valence-corrected chi connectivity index (χ1v) is 7.96. The van der Waals surface area contributed by atoms with Crippen LogP contribution in [0.2, 0.25) is 0 Å². The number of ether oxygens (including phenoxy) is 1. The molecule has 22 heavy (non-hydrogen) atoms. The maximum absolute atomic E-state index is 5.48. The van der Waals surface area contributed by atoms with Gasteiger partial charge in [0.1, 0.15) is 11.3 Å². The van der Waals surface area contributed by atoms with E-state index in [0.717, 1.165) is 47.2 Å². The van der Waals surface area contributed by atoms with Gasteiger partial charge >= 0.3 is 0 Å². The summed E-state index contributed by atoms with van der Waals surface area (Å²) in [5.74, 6) is 0. The number of aromatic nitrogens is 3. The summed E-state index contributed by atoms with van der Waals surface area (Å²) < 4.78 is 6.56. The highest BCUT2D eigenvalue weighted by atomic mass is 32.1. The van der Waals surface area contributed by atoms with Crippen molar-refractivity contribution < 1.29 is 4.74 Å². The molecule has 0 amide bonds. The third kappa shape index (κ3) is 2.54. The zero-order chi connectivity index (χ0) is 14.8. The molecule has 0 saturated carbocycles. The second kappa shape index (κ2) is 5.96. The van der Waals surface area contributed by atoms with E-state index in [-0.39, 0.29) is 0 Å². The van der Waals surface area contributed by atoms with Gasteiger partial charge in [-0.05, 0) is 12.1 Å². The Balaban J connectivity index is 1.78. The molecule has 6 nitrogen and oxygen atoms in total. The fourth-order valence-corrected chi connectivity index (χ4v) is 3.57. The number of morpholine rings is 1. The van der Waals surface area contributed by atoms with E-state index in [0.29, 0.717) is 0 Å².